The zero-order chi connectivity index (χ0) is 22.5. The Balaban J connectivity index is 1.45. The third-order valence-electron chi connectivity index (χ3n) is 5.30. The van der Waals surface area contributed by atoms with Crippen LogP contribution in [-0.4, -0.2) is 11.6 Å². The van der Waals surface area contributed by atoms with Crippen molar-refractivity contribution in [2.75, 3.05) is 6.61 Å². The molecule has 0 aliphatic rings. The average Bonchev–Trinajstić information content (AvgIpc) is 3.13. The van der Waals surface area contributed by atoms with Crippen molar-refractivity contribution in [1.82, 2.24) is 4.98 Å². The lowest BCUT2D eigenvalue weighted by molar-refractivity contribution is 0.248. The van der Waals surface area contributed by atoms with Gasteiger partial charge in [0.1, 0.15) is 23.7 Å². The van der Waals surface area contributed by atoms with Crippen LogP contribution < -0.4 is 15.2 Å². The molecule has 7 heteroatoms. The van der Waals surface area contributed by atoms with E-state index in [1.165, 1.54) is 6.07 Å². The number of hydrogen-bond donors (Lipinski definition) is 1. The lowest BCUT2D eigenvalue weighted by Gasteiger charge is -2.09. The summed E-state index contributed by atoms with van der Waals surface area (Å²) in [6, 6.07) is 13.0. The van der Waals surface area contributed by atoms with Gasteiger partial charge in [-0.3, -0.25) is 4.98 Å². The molecule has 166 valence electrons. The Kier molecular flexibility index (Phi) is 6.66. The van der Waals surface area contributed by atoms with E-state index in [1.54, 1.807) is 6.20 Å². The quantitative estimate of drug-likeness (QED) is 0.351. The molecule has 4 rings (SSSR count). The summed E-state index contributed by atoms with van der Waals surface area (Å²) >= 11 is 0. The number of nitrogens with two attached hydrogens (primary N) is 1. The molecule has 0 saturated carbocycles. The minimum atomic E-state index is -0.756. The topological polar surface area (TPSA) is 70.5 Å². The van der Waals surface area contributed by atoms with Gasteiger partial charge in [-0.1, -0.05) is 18.2 Å². The van der Waals surface area contributed by atoms with Crippen molar-refractivity contribution in [3.8, 4) is 11.5 Å². The molecule has 0 spiro atoms. The summed E-state index contributed by atoms with van der Waals surface area (Å²) in [5, 5.41) is 0.820. The number of hydrogen-bond acceptors (Lipinski definition) is 5. The van der Waals surface area contributed by atoms with Crippen LogP contribution in [-0.2, 0) is 19.6 Å². The molecule has 0 unspecified atom stereocenters. The number of fused-ring (bicyclic) bond motifs is 1. The van der Waals surface area contributed by atoms with Gasteiger partial charge in [0.15, 0.2) is 17.4 Å². The number of halogens is 2. The van der Waals surface area contributed by atoms with Crippen LogP contribution in [0.1, 0.15) is 29.0 Å². The Bertz CT molecular complexity index is 1200. The van der Waals surface area contributed by atoms with Crippen molar-refractivity contribution in [2.45, 2.75) is 32.9 Å². The first-order valence-corrected chi connectivity index (χ1v) is 10.4. The highest BCUT2D eigenvalue weighted by molar-refractivity contribution is 5.88. The van der Waals surface area contributed by atoms with E-state index >= 15 is 0 Å². The second-order valence-electron chi connectivity index (χ2n) is 7.38. The van der Waals surface area contributed by atoms with Crippen LogP contribution in [0.4, 0.5) is 8.78 Å². The molecule has 2 aromatic heterocycles. The predicted molar refractivity (Wildman–Crippen MR) is 118 cm³/mol. The molecule has 0 radical (unpaired) electrons. The van der Waals surface area contributed by atoms with Gasteiger partial charge in [0.2, 0.25) is 0 Å². The van der Waals surface area contributed by atoms with Gasteiger partial charge in [-0.2, -0.15) is 0 Å². The Labute approximate surface area is 184 Å². The molecule has 32 heavy (non-hydrogen) atoms. The van der Waals surface area contributed by atoms with Crippen molar-refractivity contribution < 1.29 is 22.7 Å². The Morgan fingerprint density at radius 2 is 1.78 bits per heavy atom. The van der Waals surface area contributed by atoms with Gasteiger partial charge in [0.05, 0.1) is 12.0 Å². The highest BCUT2D eigenvalue weighted by Gasteiger charge is 2.17. The normalized spacial score (nSPS) is 11.1. The minimum absolute atomic E-state index is 0.0979. The van der Waals surface area contributed by atoms with E-state index in [9.17, 15) is 8.78 Å². The van der Waals surface area contributed by atoms with Crippen molar-refractivity contribution in [3.05, 3.63) is 88.9 Å². The number of para-hydroxylation sites is 1. The average molecular weight is 438 g/mol. The molecule has 5 nitrogen and oxygen atoms in total. The lowest BCUT2D eigenvalue weighted by Crippen LogP contribution is -2.06. The van der Waals surface area contributed by atoms with Gasteiger partial charge in [-0.15, -0.1) is 0 Å². The number of aromatic nitrogens is 1. The van der Waals surface area contributed by atoms with Crippen molar-refractivity contribution in [2.24, 2.45) is 5.73 Å². The third kappa shape index (κ3) is 4.57. The van der Waals surface area contributed by atoms with E-state index in [0.717, 1.165) is 47.2 Å². The number of nitrogens with zero attached hydrogens (tertiary/aromatic N) is 1. The molecule has 0 aliphatic heterocycles. The summed E-state index contributed by atoms with van der Waals surface area (Å²) in [6.45, 7) is 2.73. The number of pyridine rings is 1. The predicted octanol–water partition coefficient (Wildman–Crippen LogP) is 5.46. The SMILES string of the molecule is Cc1c(COc2c(F)cccc2F)oc2cccc(OCCCc3ncccc3CN)c12. The summed E-state index contributed by atoms with van der Waals surface area (Å²) in [5.74, 6) is -0.760. The van der Waals surface area contributed by atoms with E-state index in [-0.39, 0.29) is 6.61 Å². The van der Waals surface area contributed by atoms with Crippen LogP contribution >= 0.6 is 0 Å². The second kappa shape index (κ2) is 9.78. The van der Waals surface area contributed by atoms with Gasteiger partial charge >= 0.3 is 0 Å². The molecule has 0 amide bonds. The Hall–Kier alpha value is -3.45. The number of ether oxygens (including phenoxy) is 2. The first-order chi connectivity index (χ1) is 15.6. The molecule has 0 aliphatic carbocycles. The molecule has 2 heterocycles. The van der Waals surface area contributed by atoms with Gasteiger partial charge in [0.25, 0.3) is 0 Å². The lowest BCUT2D eigenvalue weighted by atomic mass is 10.1. The maximum Gasteiger partial charge on any atom is 0.191 e. The first kappa shape index (κ1) is 21.8. The van der Waals surface area contributed by atoms with Crippen molar-refractivity contribution >= 4 is 11.0 Å². The number of rotatable bonds is 9. The van der Waals surface area contributed by atoms with E-state index in [0.29, 0.717) is 30.2 Å². The standard InChI is InChI=1S/C25H24F2N2O3/c1-16-23(15-31-25-18(26)7-2-8-19(25)27)32-22-11-3-10-21(24(16)22)30-13-5-9-20-17(14-28)6-4-12-29-20/h2-4,6-8,10-12H,5,9,13-15,28H2,1H3. The first-order valence-electron chi connectivity index (χ1n) is 10.4. The van der Waals surface area contributed by atoms with Crippen molar-refractivity contribution in [1.29, 1.82) is 0 Å². The molecule has 0 bridgehead atoms. The maximum absolute atomic E-state index is 13.8. The fraction of sp³-hybridized carbons (Fsp3) is 0.240. The van der Waals surface area contributed by atoms with Crippen LogP contribution in [0.5, 0.6) is 11.5 Å². The summed E-state index contributed by atoms with van der Waals surface area (Å²) in [7, 11) is 0. The van der Waals surface area contributed by atoms with Gasteiger partial charge < -0.3 is 19.6 Å². The third-order valence-corrected chi connectivity index (χ3v) is 5.30. The zero-order valence-electron chi connectivity index (χ0n) is 17.7. The van der Waals surface area contributed by atoms with E-state index < -0.39 is 17.4 Å². The molecule has 0 saturated heterocycles. The molecular formula is C25H24F2N2O3. The minimum Gasteiger partial charge on any atom is -0.493 e. The van der Waals surface area contributed by atoms with E-state index in [4.69, 9.17) is 19.6 Å². The molecule has 4 aromatic rings. The molecule has 0 atom stereocenters. The number of benzene rings is 2. The Morgan fingerprint density at radius 1 is 1.00 bits per heavy atom. The van der Waals surface area contributed by atoms with Crippen LogP contribution in [0.15, 0.2) is 59.1 Å². The number of furan rings is 1. The fourth-order valence-corrected chi connectivity index (χ4v) is 3.63. The van der Waals surface area contributed by atoms with Crippen LogP contribution in [0.2, 0.25) is 0 Å². The monoisotopic (exact) mass is 438 g/mol. The van der Waals surface area contributed by atoms with E-state index in [2.05, 4.69) is 4.98 Å². The summed E-state index contributed by atoms with van der Waals surface area (Å²) in [5.41, 5.74) is 9.23. The van der Waals surface area contributed by atoms with Crippen LogP contribution in [0, 0.1) is 18.6 Å². The largest absolute Gasteiger partial charge is 0.493 e. The summed E-state index contributed by atoms with van der Waals surface area (Å²) in [6.07, 6.45) is 3.31. The van der Waals surface area contributed by atoms with Crippen molar-refractivity contribution in [3.63, 3.8) is 0 Å². The molecule has 0 fully saturated rings. The Morgan fingerprint density at radius 3 is 2.56 bits per heavy atom. The van der Waals surface area contributed by atoms with Gasteiger partial charge in [0, 0.05) is 24.0 Å². The number of aryl methyl sites for hydroxylation is 2. The van der Waals surface area contributed by atoms with Gasteiger partial charge in [-0.05, 0) is 55.7 Å². The smallest absolute Gasteiger partial charge is 0.191 e. The summed E-state index contributed by atoms with van der Waals surface area (Å²) < 4.78 is 45.0. The molecule has 2 N–H and O–H groups in total. The zero-order valence-corrected chi connectivity index (χ0v) is 17.7. The second-order valence-corrected chi connectivity index (χ2v) is 7.38. The van der Waals surface area contributed by atoms with Crippen LogP contribution in [0.3, 0.4) is 0 Å². The van der Waals surface area contributed by atoms with E-state index in [1.807, 2.05) is 37.3 Å². The maximum atomic E-state index is 13.8. The van der Waals surface area contributed by atoms with Gasteiger partial charge in [-0.25, -0.2) is 8.78 Å². The molecule has 2 aromatic carbocycles. The molecular weight excluding hydrogens is 414 g/mol. The summed E-state index contributed by atoms with van der Waals surface area (Å²) in [4.78, 5) is 4.40. The highest BCUT2D eigenvalue weighted by atomic mass is 19.1. The fourth-order valence-electron chi connectivity index (χ4n) is 3.63. The highest BCUT2D eigenvalue weighted by Crippen LogP contribution is 2.34. The van der Waals surface area contributed by atoms with Crippen LogP contribution in [0.25, 0.3) is 11.0 Å².